The van der Waals surface area contributed by atoms with Crippen LogP contribution in [0.15, 0.2) is 30.5 Å². The highest BCUT2D eigenvalue weighted by Gasteiger charge is 2.04. The van der Waals surface area contributed by atoms with Crippen LogP contribution in [0.25, 0.3) is 0 Å². The van der Waals surface area contributed by atoms with E-state index in [9.17, 15) is 0 Å². The Hall–Kier alpha value is -1.94. The van der Waals surface area contributed by atoms with Gasteiger partial charge in [0.05, 0.1) is 12.3 Å². The van der Waals surface area contributed by atoms with Gasteiger partial charge >= 0.3 is 6.01 Å². The molecule has 0 aliphatic rings. The molecule has 0 spiro atoms. The first-order chi connectivity index (χ1) is 8.72. The van der Waals surface area contributed by atoms with E-state index in [1.165, 1.54) is 5.56 Å². The summed E-state index contributed by atoms with van der Waals surface area (Å²) in [6.45, 7) is 3.87. The van der Waals surface area contributed by atoms with Gasteiger partial charge in [0, 0.05) is 11.8 Å². The number of aryl methyl sites for hydroxylation is 2. The Morgan fingerprint density at radius 2 is 1.94 bits per heavy atom. The average molecular weight is 244 g/mol. The average Bonchev–Trinajstić information content (AvgIpc) is 2.40. The standard InChI is InChI=1S/C14H16N2O2/c1-3-11-4-6-13(7-5-11)18-14-15-8-12(9-17)10(2)16-14/h4-8,17H,3,9H2,1-2H3. The van der Waals surface area contributed by atoms with E-state index >= 15 is 0 Å². The third kappa shape index (κ3) is 2.84. The van der Waals surface area contributed by atoms with Gasteiger partial charge in [-0.05, 0) is 31.0 Å². The lowest BCUT2D eigenvalue weighted by Crippen LogP contribution is -1.98. The number of ether oxygens (including phenoxy) is 1. The van der Waals surface area contributed by atoms with Gasteiger partial charge in [0.1, 0.15) is 5.75 Å². The van der Waals surface area contributed by atoms with Crippen molar-refractivity contribution in [3.05, 3.63) is 47.3 Å². The van der Waals surface area contributed by atoms with E-state index in [-0.39, 0.29) is 6.61 Å². The molecule has 0 aliphatic carbocycles. The lowest BCUT2D eigenvalue weighted by Gasteiger charge is -2.06. The molecule has 0 amide bonds. The fraction of sp³-hybridized carbons (Fsp3) is 0.286. The van der Waals surface area contributed by atoms with E-state index in [0.717, 1.165) is 12.1 Å². The molecule has 94 valence electrons. The quantitative estimate of drug-likeness (QED) is 0.898. The fourth-order valence-corrected chi connectivity index (χ4v) is 1.57. The number of aliphatic hydroxyl groups excluding tert-OH is 1. The SMILES string of the molecule is CCc1ccc(Oc2ncc(CO)c(C)n2)cc1. The minimum atomic E-state index is -0.0582. The van der Waals surface area contributed by atoms with Crippen LogP contribution in [0, 0.1) is 6.92 Å². The molecular weight excluding hydrogens is 228 g/mol. The van der Waals surface area contributed by atoms with Gasteiger partial charge in [0.2, 0.25) is 0 Å². The van der Waals surface area contributed by atoms with E-state index in [2.05, 4.69) is 16.9 Å². The van der Waals surface area contributed by atoms with Gasteiger partial charge < -0.3 is 9.84 Å². The molecule has 18 heavy (non-hydrogen) atoms. The van der Waals surface area contributed by atoms with Crippen LogP contribution in [-0.2, 0) is 13.0 Å². The van der Waals surface area contributed by atoms with Gasteiger partial charge in [-0.3, -0.25) is 0 Å². The van der Waals surface area contributed by atoms with Crippen LogP contribution in [0.2, 0.25) is 0 Å². The van der Waals surface area contributed by atoms with Gasteiger partial charge in [-0.15, -0.1) is 0 Å². The normalized spacial score (nSPS) is 10.4. The molecular formula is C14H16N2O2. The Morgan fingerprint density at radius 3 is 2.50 bits per heavy atom. The minimum absolute atomic E-state index is 0.0582. The van der Waals surface area contributed by atoms with Crippen LogP contribution in [0.1, 0.15) is 23.7 Å². The molecule has 0 atom stereocenters. The van der Waals surface area contributed by atoms with Crippen molar-refractivity contribution in [3.63, 3.8) is 0 Å². The second-order valence-corrected chi connectivity index (χ2v) is 4.02. The van der Waals surface area contributed by atoms with Crippen molar-refractivity contribution >= 4 is 0 Å². The largest absolute Gasteiger partial charge is 0.424 e. The molecule has 0 radical (unpaired) electrons. The highest BCUT2D eigenvalue weighted by molar-refractivity contribution is 5.29. The zero-order valence-electron chi connectivity index (χ0n) is 10.6. The second-order valence-electron chi connectivity index (χ2n) is 4.02. The van der Waals surface area contributed by atoms with Crippen LogP contribution in [0.4, 0.5) is 0 Å². The Morgan fingerprint density at radius 1 is 1.22 bits per heavy atom. The zero-order valence-corrected chi connectivity index (χ0v) is 10.6. The lowest BCUT2D eigenvalue weighted by molar-refractivity contribution is 0.279. The van der Waals surface area contributed by atoms with Crippen LogP contribution in [0.5, 0.6) is 11.8 Å². The number of nitrogens with zero attached hydrogens (tertiary/aromatic N) is 2. The predicted molar refractivity (Wildman–Crippen MR) is 68.6 cm³/mol. The highest BCUT2D eigenvalue weighted by Crippen LogP contribution is 2.19. The first kappa shape index (κ1) is 12.5. The Balaban J connectivity index is 2.15. The topological polar surface area (TPSA) is 55.2 Å². The first-order valence-corrected chi connectivity index (χ1v) is 5.93. The summed E-state index contributed by atoms with van der Waals surface area (Å²) in [5.74, 6) is 0.711. The van der Waals surface area contributed by atoms with Crippen LogP contribution >= 0.6 is 0 Å². The van der Waals surface area contributed by atoms with E-state index in [0.29, 0.717) is 17.3 Å². The molecule has 1 heterocycles. The molecule has 2 aromatic rings. The third-order valence-electron chi connectivity index (χ3n) is 2.77. The molecule has 0 bridgehead atoms. The van der Waals surface area contributed by atoms with Gasteiger partial charge in [-0.2, -0.15) is 4.98 Å². The molecule has 4 nitrogen and oxygen atoms in total. The maximum Gasteiger partial charge on any atom is 0.322 e. The summed E-state index contributed by atoms with van der Waals surface area (Å²) in [4.78, 5) is 8.24. The Labute approximate surface area is 106 Å². The molecule has 0 unspecified atom stereocenters. The van der Waals surface area contributed by atoms with Crippen molar-refractivity contribution in [2.24, 2.45) is 0 Å². The van der Waals surface area contributed by atoms with Crippen LogP contribution < -0.4 is 4.74 Å². The molecule has 0 saturated carbocycles. The van der Waals surface area contributed by atoms with E-state index in [1.54, 1.807) is 6.20 Å². The molecule has 1 aromatic carbocycles. The molecule has 4 heteroatoms. The summed E-state index contributed by atoms with van der Waals surface area (Å²) in [6, 6.07) is 8.14. The number of benzene rings is 1. The summed E-state index contributed by atoms with van der Waals surface area (Å²) in [7, 11) is 0. The third-order valence-corrected chi connectivity index (χ3v) is 2.77. The van der Waals surface area contributed by atoms with Crippen molar-refractivity contribution in [3.8, 4) is 11.8 Å². The van der Waals surface area contributed by atoms with Crippen molar-refractivity contribution < 1.29 is 9.84 Å². The number of hydrogen-bond acceptors (Lipinski definition) is 4. The van der Waals surface area contributed by atoms with Gasteiger partial charge in [-0.25, -0.2) is 4.98 Å². The second kappa shape index (κ2) is 5.60. The smallest absolute Gasteiger partial charge is 0.322 e. The van der Waals surface area contributed by atoms with Gasteiger partial charge in [-0.1, -0.05) is 19.1 Å². The van der Waals surface area contributed by atoms with Crippen molar-refractivity contribution in [2.75, 3.05) is 0 Å². The van der Waals surface area contributed by atoms with Crippen LogP contribution in [-0.4, -0.2) is 15.1 Å². The molecule has 0 fully saturated rings. The maximum absolute atomic E-state index is 9.04. The maximum atomic E-state index is 9.04. The monoisotopic (exact) mass is 244 g/mol. The van der Waals surface area contributed by atoms with Crippen molar-refractivity contribution in [1.82, 2.24) is 9.97 Å². The summed E-state index contributed by atoms with van der Waals surface area (Å²) >= 11 is 0. The molecule has 0 aliphatic heterocycles. The predicted octanol–water partition coefficient (Wildman–Crippen LogP) is 2.63. The van der Waals surface area contributed by atoms with E-state index < -0.39 is 0 Å². The highest BCUT2D eigenvalue weighted by atomic mass is 16.5. The summed E-state index contributed by atoms with van der Waals surface area (Å²) < 4.78 is 5.55. The summed E-state index contributed by atoms with van der Waals surface area (Å²) in [6.07, 6.45) is 2.58. The van der Waals surface area contributed by atoms with Gasteiger partial charge in [0.25, 0.3) is 0 Å². The number of rotatable bonds is 4. The lowest BCUT2D eigenvalue weighted by atomic mass is 10.2. The Kier molecular flexibility index (Phi) is 3.89. The fourth-order valence-electron chi connectivity index (χ4n) is 1.57. The van der Waals surface area contributed by atoms with Gasteiger partial charge in [0.15, 0.2) is 0 Å². The van der Waals surface area contributed by atoms with Crippen molar-refractivity contribution in [2.45, 2.75) is 26.9 Å². The number of aromatic nitrogens is 2. The van der Waals surface area contributed by atoms with Crippen LogP contribution in [0.3, 0.4) is 0 Å². The molecule has 2 rings (SSSR count). The molecule has 1 N–H and O–H groups in total. The summed E-state index contributed by atoms with van der Waals surface area (Å²) in [5.41, 5.74) is 2.70. The minimum Gasteiger partial charge on any atom is -0.424 e. The van der Waals surface area contributed by atoms with E-state index in [1.807, 2.05) is 31.2 Å². The number of hydrogen-bond donors (Lipinski definition) is 1. The van der Waals surface area contributed by atoms with E-state index in [4.69, 9.17) is 9.84 Å². The summed E-state index contributed by atoms with van der Waals surface area (Å²) in [5, 5.41) is 9.04. The first-order valence-electron chi connectivity index (χ1n) is 5.93. The Bertz CT molecular complexity index is 524. The van der Waals surface area contributed by atoms with Crippen molar-refractivity contribution in [1.29, 1.82) is 0 Å². The zero-order chi connectivity index (χ0) is 13.0. The molecule has 0 saturated heterocycles. The molecule has 1 aromatic heterocycles. The number of aliphatic hydroxyl groups is 1.